The molecule has 0 amide bonds. The van der Waals surface area contributed by atoms with Gasteiger partial charge in [0.1, 0.15) is 5.82 Å². The maximum Gasteiger partial charge on any atom is 0.162 e. The van der Waals surface area contributed by atoms with Crippen LogP contribution in [0, 0.1) is 17.1 Å². The summed E-state index contributed by atoms with van der Waals surface area (Å²) >= 11 is 0. The lowest BCUT2D eigenvalue weighted by atomic mass is 10.1. The van der Waals surface area contributed by atoms with Gasteiger partial charge in [0.15, 0.2) is 5.82 Å². The summed E-state index contributed by atoms with van der Waals surface area (Å²) in [4.78, 5) is 7.86. The van der Waals surface area contributed by atoms with E-state index < -0.39 is 5.82 Å². The lowest BCUT2D eigenvalue weighted by Crippen LogP contribution is -1.91. The quantitative estimate of drug-likeness (QED) is 0.707. The van der Waals surface area contributed by atoms with Crippen LogP contribution in [0.25, 0.3) is 11.4 Å². The standard InChI is InChI=1S/C11H6FN3/c12-10-6-8(7-13)2-3-9(10)11-14-4-1-5-15-11/h1-6H. The number of hydrogen-bond acceptors (Lipinski definition) is 3. The zero-order valence-electron chi connectivity index (χ0n) is 7.68. The van der Waals surface area contributed by atoms with Crippen LogP contribution in [-0.2, 0) is 0 Å². The third-order valence-electron chi connectivity index (χ3n) is 1.90. The van der Waals surface area contributed by atoms with E-state index >= 15 is 0 Å². The Morgan fingerprint density at radius 1 is 1.20 bits per heavy atom. The molecule has 15 heavy (non-hydrogen) atoms. The Morgan fingerprint density at radius 2 is 1.93 bits per heavy atom. The fourth-order valence-electron chi connectivity index (χ4n) is 1.20. The molecule has 1 aromatic carbocycles. The van der Waals surface area contributed by atoms with E-state index in [1.807, 2.05) is 6.07 Å². The van der Waals surface area contributed by atoms with Gasteiger partial charge in [-0.1, -0.05) is 0 Å². The van der Waals surface area contributed by atoms with E-state index in [0.717, 1.165) is 0 Å². The van der Waals surface area contributed by atoms with E-state index in [-0.39, 0.29) is 5.56 Å². The molecule has 72 valence electrons. The lowest BCUT2D eigenvalue weighted by molar-refractivity contribution is 0.629. The van der Waals surface area contributed by atoms with E-state index in [1.54, 1.807) is 18.5 Å². The summed E-state index contributed by atoms with van der Waals surface area (Å²) in [5.41, 5.74) is 0.585. The first-order chi connectivity index (χ1) is 7.31. The highest BCUT2D eigenvalue weighted by molar-refractivity contribution is 5.57. The second kappa shape index (κ2) is 3.84. The molecule has 4 heteroatoms. The van der Waals surface area contributed by atoms with Gasteiger partial charge in [-0.25, -0.2) is 14.4 Å². The number of nitrogens with zero attached hydrogens (tertiary/aromatic N) is 3. The molecule has 0 N–H and O–H groups in total. The molecular formula is C11H6FN3. The average Bonchev–Trinajstić information content (AvgIpc) is 2.30. The monoisotopic (exact) mass is 199 g/mol. The van der Waals surface area contributed by atoms with Gasteiger partial charge in [0.05, 0.1) is 17.2 Å². The Labute approximate surface area is 85.9 Å². The van der Waals surface area contributed by atoms with Crippen LogP contribution in [0.2, 0.25) is 0 Å². The van der Waals surface area contributed by atoms with Gasteiger partial charge < -0.3 is 0 Å². The second-order valence-electron chi connectivity index (χ2n) is 2.88. The summed E-state index contributed by atoms with van der Waals surface area (Å²) in [5, 5.41) is 8.58. The van der Waals surface area contributed by atoms with Crippen LogP contribution in [0.4, 0.5) is 4.39 Å². The van der Waals surface area contributed by atoms with Crippen LogP contribution in [0.1, 0.15) is 5.56 Å². The minimum Gasteiger partial charge on any atom is -0.236 e. The van der Waals surface area contributed by atoms with Crippen LogP contribution < -0.4 is 0 Å². The van der Waals surface area contributed by atoms with E-state index in [4.69, 9.17) is 5.26 Å². The first kappa shape index (κ1) is 9.28. The van der Waals surface area contributed by atoms with Crippen LogP contribution in [-0.4, -0.2) is 9.97 Å². The van der Waals surface area contributed by atoms with Crippen molar-refractivity contribution >= 4 is 0 Å². The normalized spacial score (nSPS) is 9.60. The molecular weight excluding hydrogens is 193 g/mol. The predicted octanol–water partition coefficient (Wildman–Crippen LogP) is 2.15. The summed E-state index contributed by atoms with van der Waals surface area (Å²) in [6.07, 6.45) is 3.08. The summed E-state index contributed by atoms with van der Waals surface area (Å²) < 4.78 is 13.5. The summed E-state index contributed by atoms with van der Waals surface area (Å²) in [7, 11) is 0. The molecule has 1 heterocycles. The van der Waals surface area contributed by atoms with Crippen molar-refractivity contribution in [2.24, 2.45) is 0 Å². The maximum absolute atomic E-state index is 13.5. The minimum absolute atomic E-state index is 0.284. The molecule has 0 aliphatic carbocycles. The van der Waals surface area contributed by atoms with E-state index in [9.17, 15) is 4.39 Å². The zero-order valence-corrected chi connectivity index (χ0v) is 7.68. The smallest absolute Gasteiger partial charge is 0.162 e. The SMILES string of the molecule is N#Cc1ccc(-c2ncccn2)c(F)c1. The first-order valence-corrected chi connectivity index (χ1v) is 4.28. The fraction of sp³-hybridized carbons (Fsp3) is 0. The van der Waals surface area contributed by atoms with Gasteiger partial charge in [-0.15, -0.1) is 0 Å². The molecule has 2 aromatic rings. The number of nitriles is 1. The number of benzene rings is 1. The van der Waals surface area contributed by atoms with Crippen LogP contribution in [0.3, 0.4) is 0 Å². The highest BCUT2D eigenvalue weighted by Crippen LogP contribution is 2.19. The lowest BCUT2D eigenvalue weighted by Gasteiger charge is -2.00. The second-order valence-corrected chi connectivity index (χ2v) is 2.88. The Morgan fingerprint density at radius 3 is 2.53 bits per heavy atom. The Bertz CT molecular complexity index is 517. The van der Waals surface area contributed by atoms with Gasteiger partial charge in [-0.3, -0.25) is 0 Å². The number of aromatic nitrogens is 2. The van der Waals surface area contributed by atoms with Crippen molar-refractivity contribution in [3.8, 4) is 17.5 Å². The molecule has 0 aliphatic rings. The van der Waals surface area contributed by atoms with Gasteiger partial charge in [-0.2, -0.15) is 5.26 Å². The van der Waals surface area contributed by atoms with Gasteiger partial charge in [0, 0.05) is 12.4 Å². The van der Waals surface area contributed by atoms with Crippen molar-refractivity contribution in [2.45, 2.75) is 0 Å². The number of rotatable bonds is 1. The van der Waals surface area contributed by atoms with Gasteiger partial charge in [0.25, 0.3) is 0 Å². The van der Waals surface area contributed by atoms with Crippen molar-refractivity contribution in [2.75, 3.05) is 0 Å². The van der Waals surface area contributed by atoms with Gasteiger partial charge in [-0.05, 0) is 24.3 Å². The molecule has 0 unspecified atom stereocenters. The largest absolute Gasteiger partial charge is 0.236 e. The topological polar surface area (TPSA) is 49.6 Å². The van der Waals surface area contributed by atoms with Crippen molar-refractivity contribution in [3.05, 3.63) is 48.0 Å². The number of hydrogen-bond donors (Lipinski definition) is 0. The van der Waals surface area contributed by atoms with Crippen molar-refractivity contribution in [1.29, 1.82) is 5.26 Å². The summed E-state index contributed by atoms with van der Waals surface area (Å²) in [6.45, 7) is 0. The molecule has 0 atom stereocenters. The van der Waals surface area contributed by atoms with Crippen LogP contribution in [0.15, 0.2) is 36.7 Å². The molecule has 0 fully saturated rings. The highest BCUT2D eigenvalue weighted by Gasteiger charge is 2.07. The molecule has 2 rings (SSSR count). The van der Waals surface area contributed by atoms with Crippen molar-refractivity contribution in [3.63, 3.8) is 0 Å². The third-order valence-corrected chi connectivity index (χ3v) is 1.90. The predicted molar refractivity (Wildman–Crippen MR) is 52.1 cm³/mol. The molecule has 0 saturated heterocycles. The van der Waals surface area contributed by atoms with Gasteiger partial charge >= 0.3 is 0 Å². The Balaban J connectivity index is 2.52. The molecule has 1 aromatic heterocycles. The maximum atomic E-state index is 13.5. The molecule has 0 spiro atoms. The van der Waals surface area contributed by atoms with Gasteiger partial charge in [0.2, 0.25) is 0 Å². The Kier molecular flexibility index (Phi) is 2.38. The van der Waals surface area contributed by atoms with Crippen LogP contribution >= 0.6 is 0 Å². The van der Waals surface area contributed by atoms with Crippen molar-refractivity contribution in [1.82, 2.24) is 9.97 Å². The Hall–Kier alpha value is -2.28. The number of halogens is 1. The summed E-state index contributed by atoms with van der Waals surface area (Å²) in [6, 6.07) is 7.74. The third kappa shape index (κ3) is 1.81. The summed E-state index contributed by atoms with van der Waals surface area (Å²) in [5.74, 6) is -0.167. The van der Waals surface area contributed by atoms with Crippen molar-refractivity contribution < 1.29 is 4.39 Å². The minimum atomic E-state index is -0.486. The van der Waals surface area contributed by atoms with Crippen LogP contribution in [0.5, 0.6) is 0 Å². The molecule has 3 nitrogen and oxygen atoms in total. The van der Waals surface area contributed by atoms with E-state index in [1.165, 1.54) is 18.2 Å². The average molecular weight is 199 g/mol. The molecule has 0 bridgehead atoms. The first-order valence-electron chi connectivity index (χ1n) is 4.28. The van der Waals surface area contributed by atoms with E-state index in [2.05, 4.69) is 9.97 Å². The molecule has 0 saturated carbocycles. The fourth-order valence-corrected chi connectivity index (χ4v) is 1.20. The molecule has 0 radical (unpaired) electrons. The van der Waals surface area contributed by atoms with E-state index in [0.29, 0.717) is 11.4 Å². The highest BCUT2D eigenvalue weighted by atomic mass is 19.1. The zero-order chi connectivity index (χ0) is 10.7. The molecule has 0 aliphatic heterocycles.